The first-order chi connectivity index (χ1) is 18.5. The summed E-state index contributed by atoms with van der Waals surface area (Å²) >= 11 is 2.43. The molecule has 0 aliphatic carbocycles. The lowest BCUT2D eigenvalue weighted by molar-refractivity contribution is -0.176. The van der Waals surface area contributed by atoms with Gasteiger partial charge in [-0.15, -0.1) is 11.8 Å². The van der Waals surface area contributed by atoms with Crippen molar-refractivity contribution in [2.45, 2.75) is 82.0 Å². The van der Waals surface area contributed by atoms with Crippen molar-refractivity contribution in [1.82, 2.24) is 4.98 Å². The van der Waals surface area contributed by atoms with Crippen molar-refractivity contribution >= 4 is 60.2 Å². The monoisotopic (exact) mass is 606 g/mol. The number of Topliss-reactive ketones (excluding diaryl/α,β-unsaturated/α-hetero) is 1. The lowest BCUT2D eigenvalue weighted by atomic mass is 9.78. The minimum absolute atomic E-state index is 0.0894. The fraction of sp³-hybridized carbons (Fsp3) is 0.483. The number of halogens is 1. The zero-order chi connectivity index (χ0) is 29.6. The molecule has 0 saturated carbocycles. The molecular weight excluding hydrogens is 572 g/mol. The topological polar surface area (TPSA) is 102 Å². The van der Waals surface area contributed by atoms with Crippen molar-refractivity contribution in [1.29, 1.82) is 0 Å². The van der Waals surface area contributed by atoms with Gasteiger partial charge in [-0.3, -0.25) is 14.3 Å². The van der Waals surface area contributed by atoms with Crippen LogP contribution in [-0.2, 0) is 36.2 Å². The second-order valence-electron chi connectivity index (χ2n) is 11.8. The van der Waals surface area contributed by atoms with E-state index >= 15 is 0 Å². The van der Waals surface area contributed by atoms with Crippen LogP contribution < -0.4 is 4.72 Å². The molecule has 0 spiro atoms. The summed E-state index contributed by atoms with van der Waals surface area (Å²) in [6.07, 6.45) is 2.19. The number of esters is 1. The maximum absolute atomic E-state index is 13.6. The summed E-state index contributed by atoms with van der Waals surface area (Å²) in [4.78, 5) is 32.3. The van der Waals surface area contributed by atoms with E-state index in [2.05, 4.69) is 9.71 Å². The fourth-order valence-electron chi connectivity index (χ4n) is 5.02. The first-order valence-electron chi connectivity index (χ1n) is 13.1. The van der Waals surface area contributed by atoms with Gasteiger partial charge in [-0.25, -0.2) is 17.8 Å². The maximum atomic E-state index is 13.6. The Morgan fingerprint density at radius 1 is 1.23 bits per heavy atom. The second kappa shape index (κ2) is 11.1. The summed E-state index contributed by atoms with van der Waals surface area (Å²) in [7, 11) is -3.51. The number of aryl methyl sites for hydroxylation is 2. The number of nitrogens with one attached hydrogen (secondary N) is 1. The van der Waals surface area contributed by atoms with Gasteiger partial charge in [0, 0.05) is 11.3 Å². The van der Waals surface area contributed by atoms with Crippen molar-refractivity contribution in [3.63, 3.8) is 0 Å². The third-order valence-electron chi connectivity index (χ3n) is 7.18. The molecule has 1 aliphatic heterocycles. The smallest absolute Gasteiger partial charge is 0.327 e. The molecular formula is C29H35FN2O5S3. The number of carbonyl (C=O) groups is 2. The van der Waals surface area contributed by atoms with Crippen molar-refractivity contribution < 1.29 is 27.1 Å². The molecule has 1 saturated heterocycles. The number of sulfonamides is 1. The maximum Gasteiger partial charge on any atom is 0.327 e. The summed E-state index contributed by atoms with van der Waals surface area (Å²) < 4.78 is 46.4. The molecule has 1 fully saturated rings. The third-order valence-corrected chi connectivity index (χ3v) is 10.1. The Balaban J connectivity index is 1.65. The van der Waals surface area contributed by atoms with Crippen LogP contribution >= 0.6 is 23.1 Å². The van der Waals surface area contributed by atoms with Crippen molar-refractivity contribution in [3.05, 3.63) is 52.8 Å². The van der Waals surface area contributed by atoms with Crippen LogP contribution in [0.15, 0.2) is 35.2 Å². The molecule has 1 N–H and O–H groups in total. The molecule has 40 heavy (non-hydrogen) atoms. The third kappa shape index (κ3) is 6.52. The van der Waals surface area contributed by atoms with E-state index in [-0.39, 0.29) is 34.5 Å². The normalized spacial score (nSPS) is 20.3. The first-order valence-corrected chi connectivity index (χ1v) is 16.7. The van der Waals surface area contributed by atoms with E-state index in [4.69, 9.17) is 4.74 Å². The second-order valence-corrected chi connectivity index (χ2v) is 15.7. The van der Waals surface area contributed by atoms with E-state index in [9.17, 15) is 22.4 Å². The van der Waals surface area contributed by atoms with Gasteiger partial charge in [-0.05, 0) is 66.0 Å². The Hall–Kier alpha value is -2.50. The van der Waals surface area contributed by atoms with Gasteiger partial charge in [0.05, 0.1) is 16.5 Å². The molecule has 0 amide bonds. The van der Waals surface area contributed by atoms with Gasteiger partial charge in [-0.2, -0.15) is 0 Å². The van der Waals surface area contributed by atoms with Crippen LogP contribution in [0.25, 0.3) is 10.2 Å². The minimum atomic E-state index is -3.51. The van der Waals surface area contributed by atoms with Crippen molar-refractivity contribution in [2.24, 2.45) is 5.92 Å². The van der Waals surface area contributed by atoms with Crippen molar-refractivity contribution in [2.75, 3.05) is 11.0 Å². The highest BCUT2D eigenvalue weighted by atomic mass is 32.2. The van der Waals surface area contributed by atoms with Crippen LogP contribution in [0.2, 0.25) is 0 Å². The summed E-state index contributed by atoms with van der Waals surface area (Å²) in [5.74, 6) is -1.15. The molecule has 4 rings (SSSR count). The highest BCUT2D eigenvalue weighted by Crippen LogP contribution is 2.46. The predicted molar refractivity (Wildman–Crippen MR) is 159 cm³/mol. The number of ketones is 1. The Bertz CT molecular complexity index is 1540. The van der Waals surface area contributed by atoms with E-state index in [0.29, 0.717) is 18.4 Å². The Morgan fingerprint density at radius 2 is 1.88 bits per heavy atom. The van der Waals surface area contributed by atoms with Crippen molar-refractivity contribution in [3.8, 4) is 0 Å². The van der Waals surface area contributed by atoms with Gasteiger partial charge in [0.25, 0.3) is 0 Å². The lowest BCUT2D eigenvalue weighted by Gasteiger charge is -2.41. The number of nitrogens with zero attached hydrogens (tertiary/aromatic N) is 1. The number of thiazole rings is 1. The standard InChI is InChI=1S/C29H35FN2O5S3/c1-16(2)29(13-12-18-8-10-19(30)11-9-18)15-20(33)24(26(34)37-29)38-21-14-17(3)23-25(22(21)28(4,5)6)39-27(31-23)32-40(7,35)36/h8-11,14,16,24H,12-13,15H2,1-7H3,(H,31,32). The number of carbonyl (C=O) groups excluding carboxylic acids is 2. The number of cyclic esters (lactones) is 1. The number of fused-ring (bicyclic) bond motifs is 1. The number of anilines is 1. The number of hydrogen-bond donors (Lipinski definition) is 1. The summed E-state index contributed by atoms with van der Waals surface area (Å²) in [6.45, 7) is 11.9. The summed E-state index contributed by atoms with van der Waals surface area (Å²) in [6, 6.07) is 8.12. The van der Waals surface area contributed by atoms with E-state index in [1.807, 2.05) is 47.6 Å². The van der Waals surface area contributed by atoms with Crippen LogP contribution in [0.3, 0.4) is 0 Å². The summed E-state index contributed by atoms with van der Waals surface area (Å²) in [5.41, 5.74) is 1.99. The van der Waals surface area contributed by atoms with Crippen LogP contribution in [-0.4, -0.2) is 42.3 Å². The molecule has 1 aromatic heterocycles. The number of benzene rings is 2. The van der Waals surface area contributed by atoms with Crippen LogP contribution in [0.1, 0.15) is 64.2 Å². The molecule has 7 nitrogen and oxygen atoms in total. The SMILES string of the molecule is Cc1cc(SC2C(=O)CC(CCc3ccc(F)cc3)(C(C)C)OC2=O)c(C(C)(C)C)c2sc(NS(C)(=O)=O)nc12. The van der Waals surface area contributed by atoms with Gasteiger partial charge >= 0.3 is 5.97 Å². The zero-order valence-corrected chi connectivity index (χ0v) is 26.2. The van der Waals surface area contributed by atoms with Crippen LogP contribution in [0, 0.1) is 18.7 Å². The average molecular weight is 607 g/mol. The highest BCUT2D eigenvalue weighted by molar-refractivity contribution is 8.01. The van der Waals surface area contributed by atoms with E-state index in [1.54, 1.807) is 12.1 Å². The van der Waals surface area contributed by atoms with E-state index in [1.165, 1.54) is 35.2 Å². The molecule has 11 heteroatoms. The van der Waals surface area contributed by atoms with Gasteiger partial charge in [0.1, 0.15) is 11.4 Å². The van der Waals surface area contributed by atoms with Gasteiger partial charge in [0.2, 0.25) is 10.0 Å². The molecule has 2 unspecified atom stereocenters. The number of thioether (sulfide) groups is 1. The largest absolute Gasteiger partial charge is 0.457 e. The van der Waals surface area contributed by atoms with Crippen LogP contribution in [0.5, 0.6) is 0 Å². The molecule has 2 atom stereocenters. The molecule has 1 aliphatic rings. The fourth-order valence-corrected chi connectivity index (χ4v) is 8.60. The minimum Gasteiger partial charge on any atom is -0.457 e. The van der Waals surface area contributed by atoms with E-state index in [0.717, 1.165) is 32.5 Å². The summed E-state index contributed by atoms with van der Waals surface area (Å²) in [5, 5.41) is -0.749. The number of aromatic nitrogens is 1. The zero-order valence-electron chi connectivity index (χ0n) is 23.8. The number of ether oxygens (including phenoxy) is 1. The molecule has 0 bridgehead atoms. The number of hydrogen-bond acceptors (Lipinski definition) is 8. The molecule has 2 heterocycles. The Morgan fingerprint density at radius 3 is 2.42 bits per heavy atom. The molecule has 0 radical (unpaired) electrons. The van der Waals surface area contributed by atoms with Gasteiger partial charge in [-0.1, -0.05) is 58.1 Å². The lowest BCUT2D eigenvalue weighted by Crippen LogP contribution is -2.52. The van der Waals surface area contributed by atoms with Gasteiger partial charge in [0.15, 0.2) is 16.2 Å². The van der Waals surface area contributed by atoms with Gasteiger partial charge < -0.3 is 4.74 Å². The van der Waals surface area contributed by atoms with E-state index < -0.39 is 26.8 Å². The highest BCUT2D eigenvalue weighted by Gasteiger charge is 2.49. The predicted octanol–water partition coefficient (Wildman–Crippen LogP) is 6.42. The molecule has 2 aromatic carbocycles. The quantitative estimate of drug-likeness (QED) is 0.233. The molecule has 3 aromatic rings. The Labute approximate surface area is 243 Å². The first kappa shape index (κ1) is 30.5. The average Bonchev–Trinajstić information content (AvgIpc) is 3.22. The molecule has 216 valence electrons. The van der Waals surface area contributed by atoms with Crippen LogP contribution in [0.4, 0.5) is 9.52 Å². The Kier molecular flexibility index (Phi) is 8.42. The number of rotatable bonds is 8.